The topological polar surface area (TPSA) is 73.4 Å². The summed E-state index contributed by atoms with van der Waals surface area (Å²) in [7, 11) is 0. The summed E-state index contributed by atoms with van der Waals surface area (Å²) in [6.07, 6.45) is 4.02. The Bertz CT molecular complexity index is 715. The molecule has 3 rings (SSSR count). The third kappa shape index (κ3) is 3.47. The second-order valence-corrected chi connectivity index (χ2v) is 5.62. The van der Waals surface area contributed by atoms with Crippen LogP contribution in [0.25, 0.3) is 0 Å². The summed E-state index contributed by atoms with van der Waals surface area (Å²) in [6, 6.07) is 6.56. The summed E-state index contributed by atoms with van der Waals surface area (Å²) in [5, 5.41) is 4.26. The molecule has 0 saturated carbocycles. The summed E-state index contributed by atoms with van der Waals surface area (Å²) in [5.74, 6) is 0.176. The van der Waals surface area contributed by atoms with Crippen molar-refractivity contribution in [3.8, 4) is 0 Å². The molecule has 5 nitrogen and oxygen atoms in total. The van der Waals surface area contributed by atoms with E-state index in [-0.39, 0.29) is 17.7 Å². The third-order valence-corrected chi connectivity index (χ3v) is 3.89. The van der Waals surface area contributed by atoms with Gasteiger partial charge in [-0.05, 0) is 36.5 Å². The number of fused-ring (bicyclic) bond motifs is 1. The molecule has 2 aromatic rings. The molecule has 120 valence electrons. The summed E-state index contributed by atoms with van der Waals surface area (Å²) in [4.78, 5) is 13.8. The lowest BCUT2D eigenvalue weighted by Gasteiger charge is -2.25. The number of oxime groups is 1. The number of benzene rings is 1. The van der Waals surface area contributed by atoms with Crippen molar-refractivity contribution in [2.75, 3.05) is 12.3 Å². The van der Waals surface area contributed by atoms with Crippen LogP contribution < -0.4 is 5.73 Å². The Morgan fingerprint density at radius 1 is 1.30 bits per heavy atom. The molecule has 1 heterocycles. The van der Waals surface area contributed by atoms with Gasteiger partial charge in [0.05, 0.1) is 11.4 Å². The molecular formula is C17H19FN4O. The molecule has 1 aliphatic carbocycles. The SMILES string of the molecule is CCCON=C1CC(c2ccc(F)cc2)Cc2nc(N)ncc21. The first-order chi connectivity index (χ1) is 11.2. The van der Waals surface area contributed by atoms with E-state index in [2.05, 4.69) is 15.1 Å². The van der Waals surface area contributed by atoms with Gasteiger partial charge in [-0.15, -0.1) is 0 Å². The molecule has 0 saturated heterocycles. The van der Waals surface area contributed by atoms with E-state index in [1.54, 1.807) is 18.3 Å². The summed E-state index contributed by atoms with van der Waals surface area (Å²) in [5.41, 5.74) is 9.32. The quantitative estimate of drug-likeness (QED) is 0.695. The van der Waals surface area contributed by atoms with Gasteiger partial charge in [-0.25, -0.2) is 14.4 Å². The van der Waals surface area contributed by atoms with Crippen LogP contribution in [-0.2, 0) is 11.3 Å². The van der Waals surface area contributed by atoms with Crippen LogP contribution in [-0.4, -0.2) is 22.3 Å². The van der Waals surface area contributed by atoms with Crippen LogP contribution in [0.4, 0.5) is 10.3 Å². The fourth-order valence-electron chi connectivity index (χ4n) is 2.75. The van der Waals surface area contributed by atoms with Gasteiger partial charge in [-0.3, -0.25) is 0 Å². The van der Waals surface area contributed by atoms with Gasteiger partial charge in [0.25, 0.3) is 0 Å². The number of aromatic nitrogens is 2. The van der Waals surface area contributed by atoms with Crippen molar-refractivity contribution in [2.24, 2.45) is 5.16 Å². The lowest BCUT2D eigenvalue weighted by atomic mass is 9.82. The maximum Gasteiger partial charge on any atom is 0.220 e. The fraction of sp³-hybridized carbons (Fsp3) is 0.353. The van der Waals surface area contributed by atoms with Crippen LogP contribution in [0.15, 0.2) is 35.6 Å². The van der Waals surface area contributed by atoms with Crippen molar-refractivity contribution >= 4 is 11.7 Å². The van der Waals surface area contributed by atoms with E-state index in [0.717, 1.165) is 35.4 Å². The average molecular weight is 314 g/mol. The number of nitrogens with two attached hydrogens (primary N) is 1. The predicted octanol–water partition coefficient (Wildman–Crippen LogP) is 3.06. The van der Waals surface area contributed by atoms with Crippen LogP contribution in [0.1, 0.15) is 42.5 Å². The van der Waals surface area contributed by atoms with Gasteiger partial charge < -0.3 is 10.6 Å². The van der Waals surface area contributed by atoms with Crippen LogP contribution in [0.5, 0.6) is 0 Å². The second-order valence-electron chi connectivity index (χ2n) is 5.62. The van der Waals surface area contributed by atoms with Gasteiger partial charge in [-0.2, -0.15) is 0 Å². The molecule has 0 bridgehead atoms. The number of nitrogen functional groups attached to an aromatic ring is 1. The molecule has 2 N–H and O–H groups in total. The maximum absolute atomic E-state index is 13.1. The maximum atomic E-state index is 13.1. The van der Waals surface area contributed by atoms with E-state index in [1.165, 1.54) is 12.1 Å². The zero-order chi connectivity index (χ0) is 16.2. The highest BCUT2D eigenvalue weighted by molar-refractivity contribution is 6.02. The molecule has 0 spiro atoms. The van der Waals surface area contributed by atoms with Gasteiger partial charge in [0.15, 0.2) is 0 Å². The highest BCUT2D eigenvalue weighted by Crippen LogP contribution is 2.32. The van der Waals surface area contributed by atoms with Crippen molar-refractivity contribution < 1.29 is 9.23 Å². The summed E-state index contributed by atoms with van der Waals surface area (Å²) in [6.45, 7) is 2.59. The van der Waals surface area contributed by atoms with Crippen molar-refractivity contribution in [3.63, 3.8) is 0 Å². The van der Waals surface area contributed by atoms with Crippen molar-refractivity contribution in [3.05, 3.63) is 53.1 Å². The molecule has 1 aromatic heterocycles. The molecule has 1 atom stereocenters. The molecule has 1 unspecified atom stereocenters. The number of rotatable bonds is 4. The lowest BCUT2D eigenvalue weighted by molar-refractivity contribution is 0.144. The second kappa shape index (κ2) is 6.73. The van der Waals surface area contributed by atoms with Crippen molar-refractivity contribution in [1.29, 1.82) is 0 Å². The van der Waals surface area contributed by atoms with E-state index < -0.39 is 0 Å². The first kappa shape index (κ1) is 15.4. The number of anilines is 1. The highest BCUT2D eigenvalue weighted by Gasteiger charge is 2.27. The highest BCUT2D eigenvalue weighted by atomic mass is 19.1. The fourth-order valence-corrected chi connectivity index (χ4v) is 2.75. The Morgan fingerprint density at radius 3 is 2.83 bits per heavy atom. The Labute approximate surface area is 134 Å². The standard InChI is InChI=1S/C17H19FN4O/c1-2-7-23-22-16-9-12(11-3-5-13(18)6-4-11)8-15-14(16)10-20-17(19)21-15/h3-6,10,12H,2,7-9H2,1H3,(H2,19,20,21). The van der Waals surface area contributed by atoms with E-state index in [1.807, 2.05) is 6.92 Å². The number of hydrogen-bond acceptors (Lipinski definition) is 5. The number of nitrogens with zero attached hydrogens (tertiary/aromatic N) is 3. The van der Waals surface area contributed by atoms with Gasteiger partial charge >= 0.3 is 0 Å². The smallest absolute Gasteiger partial charge is 0.220 e. The monoisotopic (exact) mass is 314 g/mol. The molecule has 6 heteroatoms. The van der Waals surface area contributed by atoms with Gasteiger partial charge in [0, 0.05) is 18.2 Å². The molecule has 1 aliphatic rings. The zero-order valence-electron chi connectivity index (χ0n) is 13.0. The molecule has 0 fully saturated rings. The molecule has 1 aromatic carbocycles. The first-order valence-electron chi connectivity index (χ1n) is 7.73. The van der Waals surface area contributed by atoms with Gasteiger partial charge in [-0.1, -0.05) is 24.2 Å². The molecule has 0 amide bonds. The molecule has 23 heavy (non-hydrogen) atoms. The first-order valence-corrected chi connectivity index (χ1v) is 7.73. The average Bonchev–Trinajstić information content (AvgIpc) is 2.55. The third-order valence-electron chi connectivity index (χ3n) is 3.89. The Morgan fingerprint density at radius 2 is 2.09 bits per heavy atom. The van der Waals surface area contributed by atoms with E-state index >= 15 is 0 Å². The van der Waals surface area contributed by atoms with E-state index in [4.69, 9.17) is 10.6 Å². The van der Waals surface area contributed by atoms with E-state index in [9.17, 15) is 4.39 Å². The minimum atomic E-state index is -0.239. The van der Waals surface area contributed by atoms with Crippen LogP contribution in [0, 0.1) is 5.82 Å². The van der Waals surface area contributed by atoms with Crippen LogP contribution in [0.3, 0.4) is 0 Å². The lowest BCUT2D eigenvalue weighted by Crippen LogP contribution is -2.22. The number of hydrogen-bond donors (Lipinski definition) is 1. The normalized spacial score (nSPS) is 18.7. The summed E-state index contributed by atoms with van der Waals surface area (Å²) < 4.78 is 13.1. The molecule has 0 radical (unpaired) electrons. The Hall–Kier alpha value is -2.50. The van der Waals surface area contributed by atoms with E-state index in [0.29, 0.717) is 13.0 Å². The van der Waals surface area contributed by atoms with Crippen LogP contribution >= 0.6 is 0 Å². The van der Waals surface area contributed by atoms with Gasteiger partial charge in [0.2, 0.25) is 5.95 Å². The van der Waals surface area contributed by atoms with Crippen molar-refractivity contribution in [1.82, 2.24) is 9.97 Å². The predicted molar refractivity (Wildman–Crippen MR) is 86.7 cm³/mol. The Kier molecular flexibility index (Phi) is 4.50. The minimum Gasteiger partial charge on any atom is -0.396 e. The Balaban J connectivity index is 1.94. The largest absolute Gasteiger partial charge is 0.396 e. The zero-order valence-corrected chi connectivity index (χ0v) is 13.0. The molecule has 0 aliphatic heterocycles. The summed E-state index contributed by atoms with van der Waals surface area (Å²) >= 11 is 0. The minimum absolute atomic E-state index is 0.168. The van der Waals surface area contributed by atoms with Crippen molar-refractivity contribution in [2.45, 2.75) is 32.1 Å². The van der Waals surface area contributed by atoms with Crippen LogP contribution in [0.2, 0.25) is 0 Å². The molecular weight excluding hydrogens is 295 g/mol. The number of halogens is 1. The van der Waals surface area contributed by atoms with Gasteiger partial charge in [0.1, 0.15) is 12.4 Å².